The van der Waals surface area contributed by atoms with Gasteiger partial charge < -0.3 is 15.2 Å². The number of rotatable bonds is 5. The summed E-state index contributed by atoms with van der Waals surface area (Å²) in [5.74, 6) is 0.329. The van der Waals surface area contributed by atoms with Crippen LogP contribution in [0.5, 0.6) is 5.75 Å². The number of anilines is 1. The lowest BCUT2D eigenvalue weighted by Gasteiger charge is -2.13. The molecule has 0 aliphatic rings. The maximum Gasteiger partial charge on any atom is 0.341 e. The zero-order chi connectivity index (χ0) is 17.0. The average Bonchev–Trinajstić information content (AvgIpc) is 2.45. The van der Waals surface area contributed by atoms with E-state index in [9.17, 15) is 4.79 Å². The third kappa shape index (κ3) is 4.19. The molecule has 0 aliphatic heterocycles. The van der Waals surface area contributed by atoms with Gasteiger partial charge in [0.05, 0.1) is 18.0 Å². The van der Waals surface area contributed by atoms with Crippen molar-refractivity contribution in [3.8, 4) is 5.75 Å². The molecule has 0 aliphatic carbocycles. The van der Waals surface area contributed by atoms with E-state index in [2.05, 4.69) is 25.9 Å². The maximum absolute atomic E-state index is 12.1. The van der Waals surface area contributed by atoms with Gasteiger partial charge in [0.2, 0.25) is 5.95 Å². The molecule has 2 aromatic rings. The van der Waals surface area contributed by atoms with Crippen LogP contribution in [0.15, 0.2) is 22.7 Å². The highest BCUT2D eigenvalue weighted by atomic mass is 79.9. The summed E-state index contributed by atoms with van der Waals surface area (Å²) in [6.07, 6.45) is 0. The van der Waals surface area contributed by atoms with E-state index >= 15 is 0 Å². The zero-order valence-corrected chi connectivity index (χ0v) is 14.8. The first kappa shape index (κ1) is 17.2. The van der Waals surface area contributed by atoms with Gasteiger partial charge in [-0.2, -0.15) is 0 Å². The summed E-state index contributed by atoms with van der Waals surface area (Å²) in [5, 5.41) is 0. The van der Waals surface area contributed by atoms with E-state index in [0.717, 1.165) is 10.0 Å². The largest absolute Gasteiger partial charge is 0.487 e. The minimum Gasteiger partial charge on any atom is -0.487 e. The first-order valence-electron chi connectivity index (χ1n) is 7.11. The van der Waals surface area contributed by atoms with Crippen molar-refractivity contribution in [1.29, 1.82) is 0 Å². The summed E-state index contributed by atoms with van der Waals surface area (Å²) in [4.78, 5) is 20.3. The molecule has 122 valence electrons. The van der Waals surface area contributed by atoms with Crippen molar-refractivity contribution in [3.63, 3.8) is 0 Å². The third-order valence-electron chi connectivity index (χ3n) is 3.16. The van der Waals surface area contributed by atoms with E-state index in [1.165, 1.54) is 0 Å². The highest BCUT2D eigenvalue weighted by Gasteiger charge is 2.20. The van der Waals surface area contributed by atoms with Crippen LogP contribution < -0.4 is 10.5 Å². The van der Waals surface area contributed by atoms with Crippen LogP contribution in [0.3, 0.4) is 0 Å². The molecule has 0 bridgehead atoms. The third-order valence-corrected chi connectivity index (χ3v) is 3.66. The van der Waals surface area contributed by atoms with Gasteiger partial charge >= 0.3 is 5.97 Å². The van der Waals surface area contributed by atoms with Crippen molar-refractivity contribution in [2.24, 2.45) is 0 Å². The summed E-state index contributed by atoms with van der Waals surface area (Å²) in [7, 11) is 0. The number of halogens is 1. The van der Waals surface area contributed by atoms with Crippen molar-refractivity contribution in [3.05, 3.63) is 45.2 Å². The lowest BCUT2D eigenvalue weighted by molar-refractivity contribution is 0.0521. The molecule has 6 nitrogen and oxygen atoms in total. The number of hydrogen-bond acceptors (Lipinski definition) is 6. The zero-order valence-electron chi connectivity index (χ0n) is 13.2. The van der Waals surface area contributed by atoms with Gasteiger partial charge in [0.25, 0.3) is 0 Å². The lowest BCUT2D eigenvalue weighted by atomic mass is 10.1. The van der Waals surface area contributed by atoms with Gasteiger partial charge in [-0.1, -0.05) is 15.9 Å². The van der Waals surface area contributed by atoms with Gasteiger partial charge in [-0.3, -0.25) is 0 Å². The van der Waals surface area contributed by atoms with Gasteiger partial charge in [-0.15, -0.1) is 0 Å². The fraction of sp³-hybridized carbons (Fsp3) is 0.312. The summed E-state index contributed by atoms with van der Waals surface area (Å²) in [6, 6.07) is 5.68. The molecule has 0 atom stereocenters. The molecule has 2 rings (SSSR count). The first-order valence-corrected chi connectivity index (χ1v) is 7.90. The number of carbonyl (C=O) groups excluding carboxylic acids is 1. The number of ether oxygens (including phenoxy) is 2. The van der Waals surface area contributed by atoms with Crippen molar-refractivity contribution in [2.45, 2.75) is 27.4 Å². The Kier molecular flexibility index (Phi) is 5.54. The summed E-state index contributed by atoms with van der Waals surface area (Å²) in [6.45, 7) is 5.75. The number of nitrogens with zero attached hydrogens (tertiary/aromatic N) is 2. The van der Waals surface area contributed by atoms with Crippen LogP contribution in [-0.2, 0) is 11.3 Å². The van der Waals surface area contributed by atoms with E-state index in [-0.39, 0.29) is 19.2 Å². The molecule has 23 heavy (non-hydrogen) atoms. The second-order valence-corrected chi connectivity index (χ2v) is 5.82. The van der Waals surface area contributed by atoms with Crippen LogP contribution in [0.4, 0.5) is 5.95 Å². The molecule has 1 aromatic carbocycles. The van der Waals surface area contributed by atoms with Gasteiger partial charge in [-0.25, -0.2) is 14.8 Å². The van der Waals surface area contributed by atoms with Crippen LogP contribution in [0.1, 0.15) is 34.2 Å². The maximum atomic E-state index is 12.1. The first-order chi connectivity index (χ1) is 10.9. The number of nitrogens with two attached hydrogens (primary N) is 1. The van der Waals surface area contributed by atoms with E-state index in [1.807, 2.05) is 25.1 Å². The van der Waals surface area contributed by atoms with E-state index in [4.69, 9.17) is 15.2 Å². The SMILES string of the molecule is CCOC(=O)c1c(C)nc(N)nc1COc1ccc(Br)cc1C. The topological polar surface area (TPSA) is 87.3 Å². The fourth-order valence-electron chi connectivity index (χ4n) is 2.15. The summed E-state index contributed by atoms with van der Waals surface area (Å²) in [5.41, 5.74) is 7.84. The molecule has 0 amide bonds. The Balaban J connectivity index is 2.29. The van der Waals surface area contributed by atoms with Crippen LogP contribution in [0.25, 0.3) is 0 Å². The van der Waals surface area contributed by atoms with Crippen molar-refractivity contribution >= 4 is 27.8 Å². The minimum absolute atomic E-state index is 0.0988. The molecule has 7 heteroatoms. The Morgan fingerprint density at radius 3 is 2.70 bits per heavy atom. The summed E-state index contributed by atoms with van der Waals surface area (Å²) >= 11 is 3.41. The van der Waals surface area contributed by atoms with Crippen molar-refractivity contribution < 1.29 is 14.3 Å². The molecule has 1 heterocycles. The average molecular weight is 380 g/mol. The lowest BCUT2D eigenvalue weighted by Crippen LogP contribution is -2.16. The van der Waals surface area contributed by atoms with Crippen molar-refractivity contribution in [2.75, 3.05) is 12.3 Å². The number of aryl methyl sites for hydroxylation is 2. The number of hydrogen-bond donors (Lipinski definition) is 1. The van der Waals surface area contributed by atoms with Gasteiger partial charge in [0.1, 0.15) is 17.9 Å². The van der Waals surface area contributed by atoms with Gasteiger partial charge in [-0.05, 0) is 44.5 Å². The second kappa shape index (κ2) is 7.41. The normalized spacial score (nSPS) is 10.4. The molecule has 0 saturated heterocycles. The Bertz CT molecular complexity index is 735. The Hall–Kier alpha value is -2.15. The van der Waals surface area contributed by atoms with E-state index in [1.54, 1.807) is 13.8 Å². The highest BCUT2D eigenvalue weighted by Crippen LogP contribution is 2.24. The van der Waals surface area contributed by atoms with Gasteiger partial charge in [0.15, 0.2) is 0 Å². The highest BCUT2D eigenvalue weighted by molar-refractivity contribution is 9.10. The standard InChI is InChI=1S/C16H18BrN3O3/c1-4-22-15(21)14-10(3)19-16(18)20-12(14)8-23-13-6-5-11(17)7-9(13)2/h5-7H,4,8H2,1-3H3,(H2,18,19,20). The van der Waals surface area contributed by atoms with Gasteiger partial charge in [0, 0.05) is 4.47 Å². The van der Waals surface area contributed by atoms with Crippen molar-refractivity contribution in [1.82, 2.24) is 9.97 Å². The number of benzene rings is 1. The summed E-state index contributed by atoms with van der Waals surface area (Å²) < 4.78 is 11.8. The Labute approximate surface area is 143 Å². The van der Waals surface area contributed by atoms with E-state index < -0.39 is 5.97 Å². The second-order valence-electron chi connectivity index (χ2n) is 4.91. The predicted molar refractivity (Wildman–Crippen MR) is 90.3 cm³/mol. The minimum atomic E-state index is -0.476. The molecule has 0 fully saturated rings. The smallest absolute Gasteiger partial charge is 0.341 e. The predicted octanol–water partition coefficient (Wildman–Crippen LogP) is 3.19. The van der Waals surface area contributed by atoms with Crippen LogP contribution >= 0.6 is 15.9 Å². The molecule has 0 spiro atoms. The molecular formula is C16H18BrN3O3. The van der Waals surface area contributed by atoms with Crippen LogP contribution in [-0.4, -0.2) is 22.5 Å². The number of esters is 1. The Morgan fingerprint density at radius 1 is 1.30 bits per heavy atom. The van der Waals surface area contributed by atoms with Crippen LogP contribution in [0.2, 0.25) is 0 Å². The Morgan fingerprint density at radius 2 is 2.04 bits per heavy atom. The number of carbonyl (C=O) groups is 1. The van der Waals surface area contributed by atoms with Crippen LogP contribution in [0, 0.1) is 13.8 Å². The fourth-order valence-corrected chi connectivity index (χ4v) is 2.63. The quantitative estimate of drug-likeness (QED) is 0.802. The molecule has 0 radical (unpaired) electrons. The molecule has 0 unspecified atom stereocenters. The molecule has 2 N–H and O–H groups in total. The molecule has 1 aromatic heterocycles. The monoisotopic (exact) mass is 379 g/mol. The number of nitrogen functional groups attached to an aromatic ring is 1. The molecular weight excluding hydrogens is 362 g/mol. The van der Waals surface area contributed by atoms with E-state index in [0.29, 0.717) is 22.7 Å². The number of aromatic nitrogens is 2. The molecule has 0 saturated carbocycles.